The lowest BCUT2D eigenvalue weighted by Crippen LogP contribution is -2.67. The van der Waals surface area contributed by atoms with Crippen LogP contribution in [0.1, 0.15) is 40.0 Å². The number of piperidine rings is 1. The maximum Gasteiger partial charge on any atom is 0.261 e. The highest BCUT2D eigenvalue weighted by molar-refractivity contribution is 6.99. The van der Waals surface area contributed by atoms with Crippen molar-refractivity contribution < 1.29 is 4.43 Å². The highest BCUT2D eigenvalue weighted by Gasteiger charge is 2.50. The summed E-state index contributed by atoms with van der Waals surface area (Å²) >= 11 is 0. The maximum absolute atomic E-state index is 6.98. The molecule has 0 unspecified atom stereocenters. The predicted octanol–water partition coefficient (Wildman–Crippen LogP) is 3.71. The highest BCUT2D eigenvalue weighted by Crippen LogP contribution is 2.36. The third-order valence-electron chi connectivity index (χ3n) is 5.33. The van der Waals surface area contributed by atoms with Gasteiger partial charge < -0.3 is 9.74 Å². The van der Waals surface area contributed by atoms with E-state index in [0.29, 0.717) is 6.04 Å². The molecule has 3 rings (SSSR count). The van der Waals surface area contributed by atoms with E-state index in [1.807, 2.05) is 0 Å². The summed E-state index contributed by atoms with van der Waals surface area (Å²) in [6.07, 6.45) is 3.82. The molecule has 1 saturated heterocycles. The van der Waals surface area contributed by atoms with Gasteiger partial charge in [0.1, 0.15) is 0 Å². The number of benzene rings is 2. The molecule has 2 aromatic carbocycles. The molecule has 3 heteroatoms. The minimum atomic E-state index is -2.37. The van der Waals surface area contributed by atoms with Crippen molar-refractivity contribution in [2.75, 3.05) is 13.2 Å². The van der Waals surface area contributed by atoms with Crippen molar-refractivity contribution in [1.29, 1.82) is 0 Å². The van der Waals surface area contributed by atoms with Crippen LogP contribution in [0.5, 0.6) is 0 Å². The van der Waals surface area contributed by atoms with E-state index in [4.69, 9.17) is 4.43 Å². The van der Waals surface area contributed by atoms with Crippen LogP contribution >= 0.6 is 0 Å². The van der Waals surface area contributed by atoms with Crippen LogP contribution in [0.2, 0.25) is 5.04 Å². The summed E-state index contributed by atoms with van der Waals surface area (Å²) in [5, 5.41) is 6.43. The summed E-state index contributed by atoms with van der Waals surface area (Å²) in [7, 11) is -2.37. The van der Waals surface area contributed by atoms with E-state index in [1.54, 1.807) is 0 Å². The monoisotopic (exact) mass is 353 g/mol. The summed E-state index contributed by atoms with van der Waals surface area (Å²) < 4.78 is 6.98. The Balaban J connectivity index is 2.02. The SMILES string of the molecule is CC(C)(C)[Si](OC[C@H]1CCCCN1)(c1ccccc1)c1ccccc1. The van der Waals surface area contributed by atoms with Crippen molar-refractivity contribution >= 4 is 18.7 Å². The molecule has 0 saturated carbocycles. The molecule has 134 valence electrons. The molecule has 0 amide bonds. The van der Waals surface area contributed by atoms with Crippen molar-refractivity contribution in [3.8, 4) is 0 Å². The van der Waals surface area contributed by atoms with Gasteiger partial charge in [0.05, 0.1) is 6.61 Å². The summed E-state index contributed by atoms with van der Waals surface area (Å²) in [6.45, 7) is 8.94. The number of hydrogen-bond donors (Lipinski definition) is 1. The van der Waals surface area contributed by atoms with Gasteiger partial charge in [0, 0.05) is 6.04 Å². The van der Waals surface area contributed by atoms with Crippen LogP contribution in [0, 0.1) is 0 Å². The molecule has 2 nitrogen and oxygen atoms in total. The second-order valence-corrected chi connectivity index (χ2v) is 12.4. The van der Waals surface area contributed by atoms with Crippen LogP contribution in [0.25, 0.3) is 0 Å². The van der Waals surface area contributed by atoms with E-state index in [9.17, 15) is 0 Å². The van der Waals surface area contributed by atoms with Gasteiger partial charge in [0.15, 0.2) is 0 Å². The lowest BCUT2D eigenvalue weighted by molar-refractivity contribution is 0.227. The number of nitrogens with one attached hydrogen (secondary N) is 1. The summed E-state index contributed by atoms with van der Waals surface area (Å²) in [5.74, 6) is 0. The Kier molecular flexibility index (Phi) is 5.77. The molecular formula is C22H31NOSi. The third kappa shape index (κ3) is 3.89. The van der Waals surface area contributed by atoms with Crippen molar-refractivity contribution in [2.45, 2.75) is 51.1 Å². The standard InChI is InChI=1S/C22H31NOSi/c1-22(2,3)25(20-13-6-4-7-14-20,21-15-8-5-9-16-21)24-18-19-12-10-11-17-23-19/h4-9,13-16,19,23H,10-12,17-18H2,1-3H3/t19-/m1/s1. The summed E-state index contributed by atoms with van der Waals surface area (Å²) in [6, 6.07) is 22.3. The molecule has 2 aromatic rings. The average molecular weight is 354 g/mol. The number of hydrogen-bond acceptors (Lipinski definition) is 2. The predicted molar refractivity (Wildman–Crippen MR) is 109 cm³/mol. The van der Waals surface area contributed by atoms with Crippen molar-refractivity contribution in [3.63, 3.8) is 0 Å². The highest BCUT2D eigenvalue weighted by atomic mass is 28.4. The van der Waals surface area contributed by atoms with Crippen molar-refractivity contribution in [3.05, 3.63) is 60.7 Å². The normalized spacial score (nSPS) is 18.9. The first-order chi connectivity index (χ1) is 12.0. The first-order valence-corrected chi connectivity index (χ1v) is 11.4. The molecule has 0 aromatic heterocycles. The maximum atomic E-state index is 6.98. The Morgan fingerprint density at radius 2 is 1.48 bits per heavy atom. The quantitative estimate of drug-likeness (QED) is 0.828. The fraction of sp³-hybridized carbons (Fsp3) is 0.455. The molecule has 1 N–H and O–H groups in total. The van der Waals surface area contributed by atoms with Crippen molar-refractivity contribution in [1.82, 2.24) is 5.32 Å². The molecule has 0 aliphatic carbocycles. The van der Waals surface area contributed by atoms with Gasteiger partial charge in [-0.1, -0.05) is 87.9 Å². The van der Waals surface area contributed by atoms with Crippen LogP contribution in [-0.4, -0.2) is 27.5 Å². The fourth-order valence-electron chi connectivity index (χ4n) is 4.05. The zero-order valence-corrected chi connectivity index (χ0v) is 16.8. The largest absolute Gasteiger partial charge is 0.406 e. The molecule has 1 heterocycles. The van der Waals surface area contributed by atoms with E-state index in [2.05, 4.69) is 86.8 Å². The molecule has 25 heavy (non-hydrogen) atoms. The van der Waals surface area contributed by atoms with Gasteiger partial charge in [-0.15, -0.1) is 0 Å². The Labute approximate surface area is 153 Å². The van der Waals surface area contributed by atoms with Crippen LogP contribution in [0.15, 0.2) is 60.7 Å². The van der Waals surface area contributed by atoms with Gasteiger partial charge in [-0.05, 0) is 34.8 Å². The van der Waals surface area contributed by atoms with Gasteiger partial charge in [0.2, 0.25) is 0 Å². The molecule has 1 atom stereocenters. The van der Waals surface area contributed by atoms with Gasteiger partial charge >= 0.3 is 0 Å². The third-order valence-corrected chi connectivity index (χ3v) is 10.3. The Morgan fingerprint density at radius 1 is 0.920 bits per heavy atom. The zero-order valence-electron chi connectivity index (χ0n) is 15.8. The van der Waals surface area contributed by atoms with E-state index in [1.165, 1.54) is 29.6 Å². The Morgan fingerprint density at radius 3 is 1.92 bits per heavy atom. The van der Waals surface area contributed by atoms with Gasteiger partial charge in [-0.25, -0.2) is 0 Å². The zero-order chi connectivity index (χ0) is 17.8. The van der Waals surface area contributed by atoms with Crippen molar-refractivity contribution in [2.24, 2.45) is 0 Å². The minimum absolute atomic E-state index is 0.0599. The lowest BCUT2D eigenvalue weighted by atomic mass is 10.1. The van der Waals surface area contributed by atoms with Crippen LogP contribution < -0.4 is 15.7 Å². The topological polar surface area (TPSA) is 21.3 Å². The molecule has 1 fully saturated rings. The van der Waals surface area contributed by atoms with Gasteiger partial charge in [-0.3, -0.25) is 0 Å². The first kappa shape index (κ1) is 18.4. The van der Waals surface area contributed by atoms with Crippen LogP contribution in [0.3, 0.4) is 0 Å². The first-order valence-electron chi connectivity index (χ1n) is 9.52. The summed E-state index contributed by atoms with van der Waals surface area (Å²) in [4.78, 5) is 0. The van der Waals surface area contributed by atoms with Gasteiger partial charge in [0.25, 0.3) is 8.32 Å². The second-order valence-electron chi connectivity index (χ2n) is 8.12. The van der Waals surface area contributed by atoms with E-state index in [-0.39, 0.29) is 5.04 Å². The average Bonchev–Trinajstić information content (AvgIpc) is 2.64. The minimum Gasteiger partial charge on any atom is -0.406 e. The molecule has 0 radical (unpaired) electrons. The van der Waals surface area contributed by atoms with E-state index < -0.39 is 8.32 Å². The number of rotatable bonds is 5. The smallest absolute Gasteiger partial charge is 0.261 e. The molecular weight excluding hydrogens is 322 g/mol. The molecule has 0 bridgehead atoms. The van der Waals surface area contributed by atoms with Gasteiger partial charge in [-0.2, -0.15) is 0 Å². The molecule has 0 spiro atoms. The van der Waals surface area contributed by atoms with E-state index in [0.717, 1.165) is 13.2 Å². The molecule has 1 aliphatic rings. The van der Waals surface area contributed by atoms with E-state index >= 15 is 0 Å². The fourth-order valence-corrected chi connectivity index (χ4v) is 8.66. The van der Waals surface area contributed by atoms with Crippen LogP contribution in [0.4, 0.5) is 0 Å². The summed E-state index contributed by atoms with van der Waals surface area (Å²) in [5.41, 5.74) is 0. The Bertz CT molecular complexity index is 605. The second kappa shape index (κ2) is 7.86. The Hall–Kier alpha value is -1.42. The lowest BCUT2D eigenvalue weighted by Gasteiger charge is -2.44. The van der Waals surface area contributed by atoms with Crippen LogP contribution in [-0.2, 0) is 4.43 Å². The molecule has 1 aliphatic heterocycles.